The molecule has 2 aromatic carbocycles. The molecule has 0 aromatic heterocycles. The van der Waals surface area contributed by atoms with Gasteiger partial charge in [0.05, 0.1) is 13.7 Å². The van der Waals surface area contributed by atoms with Crippen LogP contribution in [0.5, 0.6) is 5.75 Å². The summed E-state index contributed by atoms with van der Waals surface area (Å²) in [6.45, 7) is 4.58. The first-order chi connectivity index (χ1) is 15.5. The van der Waals surface area contributed by atoms with Crippen molar-refractivity contribution in [2.45, 2.75) is 46.0 Å². The molecule has 32 heavy (non-hydrogen) atoms. The summed E-state index contributed by atoms with van der Waals surface area (Å²) in [6, 6.07) is 15.7. The summed E-state index contributed by atoms with van der Waals surface area (Å²) in [6.07, 6.45) is 5.59. The van der Waals surface area contributed by atoms with Crippen molar-refractivity contribution in [3.63, 3.8) is 0 Å². The van der Waals surface area contributed by atoms with Crippen LogP contribution in [0.4, 0.5) is 0 Å². The predicted molar refractivity (Wildman–Crippen MR) is 126 cm³/mol. The van der Waals surface area contributed by atoms with Crippen LogP contribution >= 0.6 is 0 Å². The van der Waals surface area contributed by atoms with Crippen molar-refractivity contribution < 1.29 is 19.1 Å². The molecule has 3 atom stereocenters. The molecule has 0 saturated heterocycles. The zero-order chi connectivity index (χ0) is 22.7. The van der Waals surface area contributed by atoms with Gasteiger partial charge in [-0.15, -0.1) is 0 Å². The number of ketones is 2. The van der Waals surface area contributed by atoms with Crippen molar-refractivity contribution in [2.75, 3.05) is 13.7 Å². The number of allylic oxidation sites excluding steroid dienone is 1. The van der Waals surface area contributed by atoms with E-state index < -0.39 is 5.41 Å². The average Bonchev–Trinajstić information content (AvgIpc) is 3.11. The lowest BCUT2D eigenvalue weighted by Gasteiger charge is -2.37. The molecule has 2 aliphatic rings. The van der Waals surface area contributed by atoms with Gasteiger partial charge in [-0.05, 0) is 68.4 Å². The van der Waals surface area contributed by atoms with Crippen LogP contribution in [0.2, 0.25) is 0 Å². The third kappa shape index (κ3) is 4.11. The van der Waals surface area contributed by atoms with Gasteiger partial charge in [-0.1, -0.05) is 37.3 Å². The van der Waals surface area contributed by atoms with Crippen LogP contribution in [0.25, 0.3) is 5.76 Å². The van der Waals surface area contributed by atoms with Crippen molar-refractivity contribution in [3.05, 3.63) is 71.3 Å². The van der Waals surface area contributed by atoms with E-state index in [0.29, 0.717) is 19.4 Å². The maximum Gasteiger partial charge on any atom is 0.166 e. The van der Waals surface area contributed by atoms with Gasteiger partial charge in [0, 0.05) is 28.9 Å². The SMILES string of the molecule is CCO/C(=C\C[C@]1(C)C(=O)CC[C@H]1C1CCc2cc(OC)ccc2C1=O)c1ccccc1. The zero-order valence-electron chi connectivity index (χ0n) is 19.2. The van der Waals surface area contributed by atoms with E-state index in [-0.39, 0.29) is 23.4 Å². The molecule has 4 nitrogen and oxygen atoms in total. The van der Waals surface area contributed by atoms with Crippen LogP contribution in [-0.4, -0.2) is 25.3 Å². The molecule has 0 radical (unpaired) electrons. The fourth-order valence-corrected chi connectivity index (χ4v) is 5.50. The maximum absolute atomic E-state index is 13.5. The first-order valence-corrected chi connectivity index (χ1v) is 11.6. The predicted octanol–water partition coefficient (Wildman–Crippen LogP) is 5.89. The van der Waals surface area contributed by atoms with Gasteiger partial charge in [0.2, 0.25) is 0 Å². The number of hydrogen-bond donors (Lipinski definition) is 0. The number of rotatable bonds is 7. The zero-order valence-corrected chi connectivity index (χ0v) is 19.2. The number of benzene rings is 2. The van der Waals surface area contributed by atoms with E-state index in [1.54, 1.807) is 7.11 Å². The molecule has 1 unspecified atom stereocenters. The van der Waals surface area contributed by atoms with Gasteiger partial charge in [-0.3, -0.25) is 9.59 Å². The third-order valence-electron chi connectivity index (χ3n) is 7.33. The lowest BCUT2D eigenvalue weighted by molar-refractivity contribution is -0.126. The fraction of sp³-hybridized carbons (Fsp3) is 0.429. The number of ether oxygens (including phenoxy) is 2. The Morgan fingerprint density at radius 3 is 2.59 bits per heavy atom. The van der Waals surface area contributed by atoms with Crippen LogP contribution < -0.4 is 4.74 Å². The molecular formula is C28H32O4. The second kappa shape index (κ2) is 9.32. The lowest BCUT2D eigenvalue weighted by Crippen LogP contribution is -2.38. The molecule has 1 fully saturated rings. The Kier molecular flexibility index (Phi) is 6.50. The number of aryl methyl sites for hydroxylation is 1. The van der Waals surface area contributed by atoms with Gasteiger partial charge in [0.15, 0.2) is 5.78 Å². The van der Waals surface area contributed by atoms with E-state index in [4.69, 9.17) is 9.47 Å². The second-order valence-electron chi connectivity index (χ2n) is 9.09. The summed E-state index contributed by atoms with van der Waals surface area (Å²) in [4.78, 5) is 26.6. The maximum atomic E-state index is 13.5. The molecule has 0 heterocycles. The molecule has 4 rings (SSSR count). The van der Waals surface area contributed by atoms with E-state index in [1.165, 1.54) is 0 Å². The van der Waals surface area contributed by atoms with Crippen molar-refractivity contribution in [2.24, 2.45) is 17.3 Å². The topological polar surface area (TPSA) is 52.6 Å². The van der Waals surface area contributed by atoms with Crippen molar-refractivity contribution >= 4 is 17.3 Å². The Morgan fingerprint density at radius 1 is 1.09 bits per heavy atom. The Hall–Kier alpha value is -2.88. The Bertz CT molecular complexity index is 1020. The first kappa shape index (κ1) is 22.3. The molecule has 1 saturated carbocycles. The van der Waals surface area contributed by atoms with Crippen LogP contribution in [0.3, 0.4) is 0 Å². The summed E-state index contributed by atoms with van der Waals surface area (Å²) >= 11 is 0. The van der Waals surface area contributed by atoms with E-state index in [0.717, 1.165) is 47.5 Å². The third-order valence-corrected chi connectivity index (χ3v) is 7.33. The van der Waals surface area contributed by atoms with Crippen molar-refractivity contribution in [1.29, 1.82) is 0 Å². The van der Waals surface area contributed by atoms with Crippen molar-refractivity contribution in [3.8, 4) is 5.75 Å². The summed E-state index contributed by atoms with van der Waals surface area (Å²) in [5.41, 5.74) is 2.30. The summed E-state index contributed by atoms with van der Waals surface area (Å²) in [5, 5.41) is 0. The highest BCUT2D eigenvalue weighted by Gasteiger charge is 2.51. The minimum absolute atomic E-state index is 0.0488. The highest BCUT2D eigenvalue weighted by Crippen LogP contribution is 2.50. The number of methoxy groups -OCH3 is 1. The number of carbonyl (C=O) groups excluding carboxylic acids is 2. The van der Waals surface area contributed by atoms with Gasteiger partial charge in [-0.25, -0.2) is 0 Å². The smallest absolute Gasteiger partial charge is 0.166 e. The minimum Gasteiger partial charge on any atom is -0.497 e. The standard InChI is InChI=1S/C28H32O4/c1-4-32-25(19-8-6-5-7-9-19)16-17-28(2)24(14-15-26(28)29)23-12-10-20-18-21(31-3)11-13-22(20)27(23)30/h5-9,11,13,16,18,23-24H,4,10,12,14-15,17H2,1-3H3/b25-16-/t23?,24-,28-/m0/s1. The monoisotopic (exact) mass is 432 g/mol. The first-order valence-electron chi connectivity index (χ1n) is 11.6. The quantitative estimate of drug-likeness (QED) is 0.512. The molecular weight excluding hydrogens is 400 g/mol. The van der Waals surface area contributed by atoms with E-state index in [2.05, 4.69) is 13.0 Å². The van der Waals surface area contributed by atoms with Gasteiger partial charge in [0.25, 0.3) is 0 Å². The van der Waals surface area contributed by atoms with E-state index >= 15 is 0 Å². The van der Waals surface area contributed by atoms with E-state index in [1.807, 2.05) is 55.5 Å². The highest BCUT2D eigenvalue weighted by atomic mass is 16.5. The molecule has 0 spiro atoms. The molecule has 0 amide bonds. The normalized spacial score (nSPS) is 25.5. The Balaban J connectivity index is 1.60. The van der Waals surface area contributed by atoms with Crippen molar-refractivity contribution in [1.82, 2.24) is 0 Å². The van der Waals surface area contributed by atoms with Gasteiger partial charge < -0.3 is 9.47 Å². The van der Waals surface area contributed by atoms with Crippen LogP contribution in [-0.2, 0) is 16.0 Å². The van der Waals surface area contributed by atoms with Gasteiger partial charge >= 0.3 is 0 Å². The number of carbonyl (C=O) groups is 2. The summed E-state index contributed by atoms with van der Waals surface area (Å²) in [7, 11) is 1.64. The second-order valence-corrected chi connectivity index (χ2v) is 9.09. The highest BCUT2D eigenvalue weighted by molar-refractivity contribution is 6.01. The fourth-order valence-electron chi connectivity index (χ4n) is 5.50. The van der Waals surface area contributed by atoms with Gasteiger partial charge in [0.1, 0.15) is 17.3 Å². The summed E-state index contributed by atoms with van der Waals surface area (Å²) in [5.74, 6) is 1.96. The van der Waals surface area contributed by atoms with Gasteiger partial charge in [-0.2, -0.15) is 0 Å². The molecule has 0 bridgehead atoms. The van der Waals surface area contributed by atoms with Crippen LogP contribution in [0, 0.1) is 17.3 Å². The molecule has 2 aliphatic carbocycles. The Morgan fingerprint density at radius 2 is 1.88 bits per heavy atom. The average molecular weight is 433 g/mol. The minimum atomic E-state index is -0.554. The number of Topliss-reactive ketones (excluding diaryl/α,β-unsaturated/α-hetero) is 2. The molecule has 4 heteroatoms. The van der Waals surface area contributed by atoms with E-state index in [9.17, 15) is 9.59 Å². The number of fused-ring (bicyclic) bond motifs is 1. The largest absolute Gasteiger partial charge is 0.497 e. The molecule has 0 N–H and O–H groups in total. The number of hydrogen-bond acceptors (Lipinski definition) is 4. The van der Waals surface area contributed by atoms with Crippen LogP contribution in [0.15, 0.2) is 54.6 Å². The Labute approximate surface area is 190 Å². The molecule has 0 aliphatic heterocycles. The molecule has 2 aromatic rings. The lowest BCUT2D eigenvalue weighted by atomic mass is 9.65. The van der Waals surface area contributed by atoms with Crippen LogP contribution in [0.1, 0.15) is 61.0 Å². The summed E-state index contributed by atoms with van der Waals surface area (Å²) < 4.78 is 11.2. The molecule has 168 valence electrons.